The average Bonchev–Trinajstić information content (AvgIpc) is 2.48. The fraction of sp³-hybridized carbons (Fsp3) is 0.235. The number of aromatic hydroxyl groups is 1. The van der Waals surface area contributed by atoms with E-state index >= 15 is 0 Å². The number of rotatable bonds is 5. The van der Waals surface area contributed by atoms with Crippen molar-refractivity contribution < 1.29 is 14.6 Å². The molecular formula is C17H18O3. The first-order valence-corrected chi connectivity index (χ1v) is 6.58. The lowest BCUT2D eigenvalue weighted by atomic mass is 10.0. The molecule has 0 amide bonds. The zero-order valence-electron chi connectivity index (χ0n) is 11.7. The Labute approximate surface area is 118 Å². The minimum absolute atomic E-state index is 0.0349. The monoisotopic (exact) mass is 270 g/mol. The normalized spacial score (nSPS) is 12.1. The summed E-state index contributed by atoms with van der Waals surface area (Å²) in [6.07, 6.45) is -0.595. The number of benzene rings is 2. The van der Waals surface area contributed by atoms with Crippen molar-refractivity contribution in [2.45, 2.75) is 26.6 Å². The van der Waals surface area contributed by atoms with E-state index < -0.39 is 6.10 Å². The summed E-state index contributed by atoms with van der Waals surface area (Å²) in [7, 11) is 0. The first kappa shape index (κ1) is 14.3. The van der Waals surface area contributed by atoms with Gasteiger partial charge < -0.3 is 9.84 Å². The third-order valence-electron chi connectivity index (χ3n) is 3.22. The summed E-state index contributed by atoms with van der Waals surface area (Å²) in [5.74, 6) is -0.171. The van der Waals surface area contributed by atoms with Gasteiger partial charge in [0.1, 0.15) is 11.9 Å². The second-order valence-electron chi connectivity index (χ2n) is 4.77. The highest BCUT2D eigenvalue weighted by Crippen LogP contribution is 2.23. The van der Waals surface area contributed by atoms with E-state index in [-0.39, 0.29) is 11.5 Å². The van der Waals surface area contributed by atoms with Crippen molar-refractivity contribution in [1.29, 1.82) is 0 Å². The quantitative estimate of drug-likeness (QED) is 0.846. The standard InChI is InChI=1S/C17H18O3/c1-12-7-6-10-15(16(12)18)17(19)13(2)20-11-14-8-4-3-5-9-14/h3-10,13,18H,11H2,1-2H3. The van der Waals surface area contributed by atoms with Crippen LogP contribution in [0.3, 0.4) is 0 Å². The third-order valence-corrected chi connectivity index (χ3v) is 3.22. The molecule has 0 heterocycles. The van der Waals surface area contributed by atoms with Crippen molar-refractivity contribution in [3.63, 3.8) is 0 Å². The van der Waals surface area contributed by atoms with Gasteiger partial charge in [0.25, 0.3) is 0 Å². The maximum atomic E-state index is 12.3. The van der Waals surface area contributed by atoms with Crippen LogP contribution in [-0.2, 0) is 11.3 Å². The van der Waals surface area contributed by atoms with Gasteiger partial charge in [-0.2, -0.15) is 0 Å². The van der Waals surface area contributed by atoms with Crippen LogP contribution in [0.5, 0.6) is 5.75 Å². The van der Waals surface area contributed by atoms with Crippen molar-refractivity contribution >= 4 is 5.78 Å². The molecule has 2 aromatic rings. The van der Waals surface area contributed by atoms with Gasteiger partial charge in [-0.25, -0.2) is 0 Å². The molecule has 2 aromatic carbocycles. The second kappa shape index (κ2) is 6.35. The van der Waals surface area contributed by atoms with Crippen LogP contribution in [-0.4, -0.2) is 17.0 Å². The minimum Gasteiger partial charge on any atom is -0.507 e. The predicted octanol–water partition coefficient (Wildman–Crippen LogP) is 3.49. The number of hydrogen-bond donors (Lipinski definition) is 1. The van der Waals surface area contributed by atoms with Crippen molar-refractivity contribution in [2.75, 3.05) is 0 Å². The summed E-state index contributed by atoms with van der Waals surface area (Å²) >= 11 is 0. The molecule has 0 fully saturated rings. The van der Waals surface area contributed by atoms with Gasteiger partial charge in [-0.15, -0.1) is 0 Å². The number of aryl methyl sites for hydroxylation is 1. The molecule has 0 bridgehead atoms. The SMILES string of the molecule is Cc1cccc(C(=O)C(C)OCc2ccccc2)c1O. The Kier molecular flexibility index (Phi) is 4.53. The Hall–Kier alpha value is -2.13. The lowest BCUT2D eigenvalue weighted by Crippen LogP contribution is -2.21. The molecule has 3 nitrogen and oxygen atoms in total. The highest BCUT2D eigenvalue weighted by Gasteiger charge is 2.19. The molecule has 0 aromatic heterocycles. The van der Waals surface area contributed by atoms with Gasteiger partial charge in [-0.3, -0.25) is 4.79 Å². The molecule has 1 N–H and O–H groups in total. The molecule has 0 aliphatic carbocycles. The van der Waals surface area contributed by atoms with Crippen LogP contribution in [0.15, 0.2) is 48.5 Å². The molecule has 0 aliphatic heterocycles. The van der Waals surface area contributed by atoms with Crippen LogP contribution < -0.4 is 0 Å². The Bertz CT molecular complexity index is 590. The molecule has 0 radical (unpaired) electrons. The van der Waals surface area contributed by atoms with E-state index in [4.69, 9.17) is 4.74 Å². The Morgan fingerprint density at radius 2 is 1.85 bits per heavy atom. The average molecular weight is 270 g/mol. The van der Waals surface area contributed by atoms with Gasteiger partial charge in [-0.05, 0) is 31.0 Å². The van der Waals surface area contributed by atoms with Crippen molar-refractivity contribution in [1.82, 2.24) is 0 Å². The molecule has 1 atom stereocenters. The van der Waals surface area contributed by atoms with E-state index in [1.807, 2.05) is 30.3 Å². The fourth-order valence-corrected chi connectivity index (χ4v) is 1.95. The summed E-state index contributed by atoms with van der Waals surface area (Å²) in [4.78, 5) is 12.3. The maximum Gasteiger partial charge on any atom is 0.194 e. The molecule has 0 aliphatic rings. The zero-order valence-corrected chi connectivity index (χ0v) is 11.7. The van der Waals surface area contributed by atoms with Crippen LogP contribution in [0.1, 0.15) is 28.4 Å². The topological polar surface area (TPSA) is 46.5 Å². The number of hydrogen-bond acceptors (Lipinski definition) is 3. The van der Waals surface area contributed by atoms with Crippen LogP contribution >= 0.6 is 0 Å². The lowest BCUT2D eigenvalue weighted by Gasteiger charge is -2.13. The van der Waals surface area contributed by atoms with Crippen LogP contribution in [0.2, 0.25) is 0 Å². The van der Waals surface area contributed by atoms with Crippen LogP contribution in [0.4, 0.5) is 0 Å². The summed E-state index contributed by atoms with van der Waals surface area (Å²) in [6.45, 7) is 3.84. The summed E-state index contributed by atoms with van der Waals surface area (Å²) < 4.78 is 5.58. The van der Waals surface area contributed by atoms with Gasteiger partial charge in [0.2, 0.25) is 0 Å². The van der Waals surface area contributed by atoms with Gasteiger partial charge in [0.15, 0.2) is 5.78 Å². The number of phenolic OH excluding ortho intramolecular Hbond substituents is 1. The molecular weight excluding hydrogens is 252 g/mol. The van der Waals surface area contributed by atoms with Crippen molar-refractivity contribution in [3.8, 4) is 5.75 Å². The molecule has 0 saturated heterocycles. The van der Waals surface area contributed by atoms with Crippen LogP contribution in [0, 0.1) is 6.92 Å². The lowest BCUT2D eigenvalue weighted by molar-refractivity contribution is 0.0410. The Balaban J connectivity index is 2.04. The molecule has 3 heteroatoms. The van der Waals surface area contributed by atoms with E-state index in [2.05, 4.69) is 0 Å². The van der Waals surface area contributed by atoms with Crippen LogP contribution in [0.25, 0.3) is 0 Å². The van der Waals surface area contributed by atoms with E-state index in [1.54, 1.807) is 32.0 Å². The molecule has 104 valence electrons. The summed E-state index contributed by atoms with van der Waals surface area (Å²) in [6, 6.07) is 14.8. The van der Waals surface area contributed by atoms with E-state index in [9.17, 15) is 9.90 Å². The van der Waals surface area contributed by atoms with Crippen molar-refractivity contribution in [2.24, 2.45) is 0 Å². The first-order valence-electron chi connectivity index (χ1n) is 6.58. The number of ether oxygens (including phenoxy) is 1. The van der Waals surface area contributed by atoms with Gasteiger partial charge in [-0.1, -0.05) is 42.5 Å². The Morgan fingerprint density at radius 1 is 1.15 bits per heavy atom. The molecule has 0 saturated carbocycles. The number of para-hydroxylation sites is 1. The van der Waals surface area contributed by atoms with Crippen molar-refractivity contribution in [3.05, 3.63) is 65.2 Å². The second-order valence-corrected chi connectivity index (χ2v) is 4.77. The van der Waals surface area contributed by atoms with E-state index in [0.29, 0.717) is 17.7 Å². The fourth-order valence-electron chi connectivity index (χ4n) is 1.95. The van der Waals surface area contributed by atoms with Gasteiger partial charge >= 0.3 is 0 Å². The maximum absolute atomic E-state index is 12.3. The third kappa shape index (κ3) is 3.25. The highest BCUT2D eigenvalue weighted by molar-refractivity contribution is 6.01. The summed E-state index contributed by atoms with van der Waals surface area (Å²) in [5, 5.41) is 9.93. The predicted molar refractivity (Wildman–Crippen MR) is 77.9 cm³/mol. The number of phenols is 1. The molecule has 2 rings (SSSR count). The van der Waals surface area contributed by atoms with Gasteiger partial charge in [0, 0.05) is 0 Å². The molecule has 0 spiro atoms. The summed E-state index contributed by atoms with van der Waals surface area (Å²) in [5.41, 5.74) is 2.01. The largest absolute Gasteiger partial charge is 0.507 e. The smallest absolute Gasteiger partial charge is 0.194 e. The van der Waals surface area contributed by atoms with E-state index in [1.165, 1.54) is 0 Å². The van der Waals surface area contributed by atoms with Gasteiger partial charge in [0.05, 0.1) is 12.2 Å². The highest BCUT2D eigenvalue weighted by atomic mass is 16.5. The minimum atomic E-state index is -0.595. The number of ketones is 1. The first-order chi connectivity index (χ1) is 9.59. The zero-order chi connectivity index (χ0) is 14.5. The molecule has 1 unspecified atom stereocenters. The molecule has 20 heavy (non-hydrogen) atoms. The number of carbonyl (C=O) groups excluding carboxylic acids is 1. The Morgan fingerprint density at radius 3 is 2.55 bits per heavy atom. The number of Topliss-reactive ketones (excluding diaryl/α,β-unsaturated/α-hetero) is 1. The number of carbonyl (C=O) groups is 1. The van der Waals surface area contributed by atoms with E-state index in [0.717, 1.165) is 5.56 Å².